The molecule has 0 aromatic heterocycles. The van der Waals surface area contributed by atoms with Crippen molar-refractivity contribution in [2.45, 2.75) is 60.3 Å². The molecular weight excluding hydrogens is 290 g/mol. The molecule has 1 saturated heterocycles. The predicted octanol–water partition coefficient (Wildman–Crippen LogP) is 3.10. The molecule has 134 valence electrons. The van der Waals surface area contributed by atoms with Gasteiger partial charge in [0.05, 0.1) is 0 Å². The fourth-order valence-corrected chi connectivity index (χ4v) is 2.87. The summed E-state index contributed by atoms with van der Waals surface area (Å²) in [4.78, 5) is 28.2. The third-order valence-corrected chi connectivity index (χ3v) is 4.58. The van der Waals surface area contributed by atoms with E-state index in [1.807, 2.05) is 30.6 Å². The molecule has 23 heavy (non-hydrogen) atoms. The van der Waals surface area contributed by atoms with E-state index >= 15 is 0 Å². The molecule has 1 N–H and O–H groups in total. The summed E-state index contributed by atoms with van der Waals surface area (Å²) in [5, 5.41) is 3.07. The lowest BCUT2D eigenvalue weighted by molar-refractivity contribution is -0.140. The van der Waals surface area contributed by atoms with E-state index in [1.54, 1.807) is 0 Å². The second-order valence-corrected chi connectivity index (χ2v) is 7.63. The lowest BCUT2D eigenvalue weighted by Crippen LogP contribution is -2.55. The number of nitrogens with one attached hydrogen (secondary N) is 1. The van der Waals surface area contributed by atoms with Gasteiger partial charge in [0.2, 0.25) is 5.91 Å². The molecule has 0 spiro atoms. The van der Waals surface area contributed by atoms with Gasteiger partial charge < -0.3 is 15.1 Å². The Balaban J connectivity index is 2.36. The summed E-state index contributed by atoms with van der Waals surface area (Å²) in [5.74, 6) is 0.742. The summed E-state index contributed by atoms with van der Waals surface area (Å²) >= 11 is 0. The van der Waals surface area contributed by atoms with Crippen molar-refractivity contribution in [1.29, 1.82) is 0 Å². The second kappa shape index (κ2) is 9.14. The number of carbonyl (C=O) groups excluding carboxylic acids is 2. The van der Waals surface area contributed by atoms with Gasteiger partial charge in [-0.3, -0.25) is 4.79 Å². The zero-order chi connectivity index (χ0) is 17.5. The highest BCUT2D eigenvalue weighted by molar-refractivity contribution is 5.82. The first-order valence-electron chi connectivity index (χ1n) is 9.11. The molecule has 1 fully saturated rings. The second-order valence-electron chi connectivity index (χ2n) is 7.63. The average molecular weight is 325 g/mol. The van der Waals surface area contributed by atoms with Crippen LogP contribution in [-0.4, -0.2) is 54.5 Å². The van der Waals surface area contributed by atoms with Crippen molar-refractivity contribution in [3.8, 4) is 0 Å². The molecule has 0 aromatic carbocycles. The maximum absolute atomic E-state index is 12.3. The SMILES string of the molecule is CCCCC(CC)CNC(=O)N1CCN(C(=O)C(C)(C)C)CC1. The maximum Gasteiger partial charge on any atom is 0.317 e. The third-order valence-electron chi connectivity index (χ3n) is 4.58. The van der Waals surface area contributed by atoms with Gasteiger partial charge in [-0.15, -0.1) is 0 Å². The molecule has 0 bridgehead atoms. The topological polar surface area (TPSA) is 52.7 Å². The molecule has 3 amide bonds. The van der Waals surface area contributed by atoms with Crippen LogP contribution in [0.2, 0.25) is 0 Å². The number of carbonyl (C=O) groups is 2. The smallest absolute Gasteiger partial charge is 0.317 e. The molecule has 1 heterocycles. The molecular formula is C18H35N3O2. The van der Waals surface area contributed by atoms with Crippen molar-refractivity contribution in [3.05, 3.63) is 0 Å². The van der Waals surface area contributed by atoms with Gasteiger partial charge in [-0.2, -0.15) is 0 Å². The number of piperazine rings is 1. The number of unbranched alkanes of at least 4 members (excludes halogenated alkanes) is 1. The van der Waals surface area contributed by atoms with Crippen LogP contribution in [-0.2, 0) is 4.79 Å². The molecule has 1 atom stereocenters. The highest BCUT2D eigenvalue weighted by Crippen LogP contribution is 2.18. The molecule has 0 aromatic rings. The molecule has 1 rings (SSSR count). The molecule has 0 saturated carbocycles. The van der Waals surface area contributed by atoms with E-state index in [-0.39, 0.29) is 17.4 Å². The van der Waals surface area contributed by atoms with Crippen molar-refractivity contribution < 1.29 is 9.59 Å². The monoisotopic (exact) mass is 325 g/mol. The Kier molecular flexibility index (Phi) is 7.86. The summed E-state index contributed by atoms with van der Waals surface area (Å²) in [7, 11) is 0. The van der Waals surface area contributed by atoms with Crippen LogP contribution in [0.1, 0.15) is 60.3 Å². The number of hydrogen-bond donors (Lipinski definition) is 1. The summed E-state index contributed by atoms with van der Waals surface area (Å²) in [6.45, 7) is 13.5. The van der Waals surface area contributed by atoms with Gasteiger partial charge in [0.15, 0.2) is 0 Å². The lowest BCUT2D eigenvalue weighted by atomic mass is 9.94. The number of amides is 3. The number of nitrogens with zero attached hydrogens (tertiary/aromatic N) is 2. The fourth-order valence-electron chi connectivity index (χ4n) is 2.87. The van der Waals surface area contributed by atoms with Crippen LogP contribution >= 0.6 is 0 Å². The van der Waals surface area contributed by atoms with Crippen LogP contribution in [0, 0.1) is 11.3 Å². The van der Waals surface area contributed by atoms with E-state index in [9.17, 15) is 9.59 Å². The first-order valence-corrected chi connectivity index (χ1v) is 9.11. The molecule has 5 nitrogen and oxygen atoms in total. The Morgan fingerprint density at radius 2 is 1.61 bits per heavy atom. The van der Waals surface area contributed by atoms with Crippen molar-refractivity contribution in [1.82, 2.24) is 15.1 Å². The summed E-state index contributed by atoms with van der Waals surface area (Å²) in [6, 6.07) is 0.0165. The molecule has 1 unspecified atom stereocenters. The van der Waals surface area contributed by atoms with Gasteiger partial charge in [0.1, 0.15) is 0 Å². The Morgan fingerprint density at radius 3 is 2.09 bits per heavy atom. The minimum absolute atomic E-state index is 0.0165. The Morgan fingerprint density at radius 1 is 1.04 bits per heavy atom. The Labute approximate surface area is 141 Å². The predicted molar refractivity (Wildman–Crippen MR) is 94.3 cm³/mol. The van der Waals surface area contributed by atoms with Crippen LogP contribution in [0.15, 0.2) is 0 Å². The van der Waals surface area contributed by atoms with Gasteiger partial charge in [-0.1, -0.05) is 53.9 Å². The van der Waals surface area contributed by atoms with E-state index in [1.165, 1.54) is 19.3 Å². The molecule has 1 aliphatic heterocycles. The standard InChI is InChI=1S/C18H35N3O2/c1-6-8-9-15(7-2)14-19-17(23)21-12-10-20(11-13-21)16(22)18(3,4)5/h15H,6-14H2,1-5H3,(H,19,23). The molecule has 1 aliphatic rings. The van der Waals surface area contributed by atoms with Crippen molar-refractivity contribution >= 4 is 11.9 Å². The quantitative estimate of drug-likeness (QED) is 0.816. The van der Waals surface area contributed by atoms with Crippen LogP contribution in [0.5, 0.6) is 0 Å². The van der Waals surface area contributed by atoms with Gasteiger partial charge in [0, 0.05) is 38.1 Å². The zero-order valence-corrected chi connectivity index (χ0v) is 15.7. The summed E-state index contributed by atoms with van der Waals surface area (Å²) in [5.41, 5.74) is -0.349. The highest BCUT2D eigenvalue weighted by Gasteiger charge is 2.30. The van der Waals surface area contributed by atoms with Gasteiger partial charge in [0.25, 0.3) is 0 Å². The van der Waals surface area contributed by atoms with Crippen LogP contribution in [0.25, 0.3) is 0 Å². The highest BCUT2D eigenvalue weighted by atomic mass is 16.2. The normalized spacial score (nSPS) is 17.1. The van der Waals surface area contributed by atoms with E-state index < -0.39 is 0 Å². The third kappa shape index (κ3) is 6.40. The fraction of sp³-hybridized carbons (Fsp3) is 0.889. The first kappa shape index (κ1) is 19.8. The Bertz CT molecular complexity index is 382. The van der Waals surface area contributed by atoms with E-state index in [0.717, 1.165) is 13.0 Å². The number of rotatable bonds is 6. The van der Waals surface area contributed by atoms with Gasteiger partial charge in [-0.25, -0.2) is 4.79 Å². The minimum atomic E-state index is -0.349. The Hall–Kier alpha value is -1.26. The van der Waals surface area contributed by atoms with Crippen LogP contribution in [0.4, 0.5) is 4.79 Å². The van der Waals surface area contributed by atoms with Crippen molar-refractivity contribution in [2.75, 3.05) is 32.7 Å². The van der Waals surface area contributed by atoms with Crippen molar-refractivity contribution in [3.63, 3.8) is 0 Å². The average Bonchev–Trinajstić information content (AvgIpc) is 2.53. The molecule has 0 aliphatic carbocycles. The number of urea groups is 1. The largest absolute Gasteiger partial charge is 0.339 e. The zero-order valence-electron chi connectivity index (χ0n) is 15.7. The lowest BCUT2D eigenvalue weighted by Gasteiger charge is -2.37. The van der Waals surface area contributed by atoms with E-state index in [4.69, 9.17) is 0 Å². The van der Waals surface area contributed by atoms with Crippen molar-refractivity contribution in [2.24, 2.45) is 11.3 Å². The van der Waals surface area contributed by atoms with E-state index in [0.29, 0.717) is 32.1 Å². The van der Waals surface area contributed by atoms with Gasteiger partial charge >= 0.3 is 6.03 Å². The van der Waals surface area contributed by atoms with Gasteiger partial charge in [-0.05, 0) is 12.3 Å². The summed E-state index contributed by atoms with van der Waals surface area (Å²) in [6.07, 6.45) is 4.71. The number of hydrogen-bond acceptors (Lipinski definition) is 2. The molecule has 0 radical (unpaired) electrons. The minimum Gasteiger partial charge on any atom is -0.339 e. The summed E-state index contributed by atoms with van der Waals surface area (Å²) < 4.78 is 0. The molecule has 5 heteroatoms. The first-order chi connectivity index (χ1) is 10.8. The van der Waals surface area contributed by atoms with E-state index in [2.05, 4.69) is 19.2 Å². The van der Waals surface area contributed by atoms with Crippen LogP contribution in [0.3, 0.4) is 0 Å². The maximum atomic E-state index is 12.3. The van der Waals surface area contributed by atoms with Crippen LogP contribution < -0.4 is 5.32 Å².